The Morgan fingerprint density at radius 1 is 1.00 bits per heavy atom. The number of amides is 3. The number of aromatic nitrogens is 1. The van der Waals surface area contributed by atoms with Crippen LogP contribution in [0.5, 0.6) is 5.75 Å². The quantitative estimate of drug-likeness (QED) is 0.270. The molecular formula is C26H21F2N5O4S. The number of carbonyl (C=O) groups is 3. The predicted molar refractivity (Wildman–Crippen MR) is 137 cm³/mol. The van der Waals surface area contributed by atoms with Crippen LogP contribution in [0, 0.1) is 11.6 Å². The molecule has 1 atom stereocenters. The number of nitrogens with one attached hydrogen (secondary N) is 1. The summed E-state index contributed by atoms with van der Waals surface area (Å²) in [7, 11) is 0. The van der Waals surface area contributed by atoms with Crippen molar-refractivity contribution in [3.63, 3.8) is 0 Å². The van der Waals surface area contributed by atoms with Crippen LogP contribution in [0.25, 0.3) is 0 Å². The van der Waals surface area contributed by atoms with E-state index in [1.807, 2.05) is 0 Å². The molecule has 0 unspecified atom stereocenters. The van der Waals surface area contributed by atoms with Crippen molar-refractivity contribution >= 4 is 40.6 Å². The fourth-order valence-electron chi connectivity index (χ4n) is 3.71. The van der Waals surface area contributed by atoms with Crippen molar-refractivity contribution in [2.24, 2.45) is 5.73 Å². The third-order valence-corrected chi connectivity index (χ3v) is 6.43. The molecule has 6 N–H and O–H groups in total. The number of hydrogen-bond acceptors (Lipinski definition) is 7. The number of nitrogens with two attached hydrogens (primary N) is 2. The van der Waals surface area contributed by atoms with E-state index in [1.165, 1.54) is 66.7 Å². The maximum Gasteiger partial charge on any atom is 0.273 e. The molecule has 0 aliphatic rings. The molecule has 3 aromatic carbocycles. The van der Waals surface area contributed by atoms with E-state index in [0.717, 1.165) is 11.0 Å². The first kappa shape index (κ1) is 26.2. The Kier molecular flexibility index (Phi) is 7.63. The Morgan fingerprint density at radius 2 is 1.66 bits per heavy atom. The van der Waals surface area contributed by atoms with Gasteiger partial charge in [-0.15, -0.1) is 0 Å². The highest BCUT2D eigenvalue weighted by Crippen LogP contribution is 2.35. The van der Waals surface area contributed by atoms with Crippen LogP contribution < -0.4 is 21.7 Å². The first-order valence-corrected chi connectivity index (χ1v) is 11.9. The Labute approximate surface area is 219 Å². The van der Waals surface area contributed by atoms with E-state index in [2.05, 4.69) is 9.69 Å². The van der Waals surface area contributed by atoms with E-state index in [4.69, 9.17) is 11.5 Å². The molecule has 0 bridgehead atoms. The first-order chi connectivity index (χ1) is 18.2. The van der Waals surface area contributed by atoms with Crippen molar-refractivity contribution in [2.45, 2.75) is 12.6 Å². The van der Waals surface area contributed by atoms with E-state index < -0.39 is 35.4 Å². The number of rotatable bonds is 8. The molecule has 0 saturated carbocycles. The minimum absolute atomic E-state index is 0.0263. The Morgan fingerprint density at radius 3 is 2.26 bits per heavy atom. The van der Waals surface area contributed by atoms with Gasteiger partial charge >= 0.3 is 0 Å². The molecule has 9 nitrogen and oxygen atoms in total. The summed E-state index contributed by atoms with van der Waals surface area (Å²) in [6.07, 6.45) is 0. The lowest BCUT2D eigenvalue weighted by Crippen LogP contribution is -2.44. The molecule has 0 fully saturated rings. The molecule has 4 rings (SSSR count). The highest BCUT2D eigenvalue weighted by Gasteiger charge is 2.37. The second kappa shape index (κ2) is 11.0. The summed E-state index contributed by atoms with van der Waals surface area (Å²) in [6.45, 7) is -0.0263. The average molecular weight is 538 g/mol. The standard InChI is InChI=1S/C26H21F2N5O4S/c27-16-9-5-14(6-10-16)13-31-25(36)22(15-7-11-17(34)12-8-15)33(19-4-2-1-3-18(19)28)26(37)23-20(29)21(24(30)35)32-38-23/h1-12,22,34H,13,29H2,(H2,30,35)(H,31,36)/t22-/m0/s1. The summed E-state index contributed by atoms with van der Waals surface area (Å²) >= 11 is 0.583. The lowest BCUT2D eigenvalue weighted by Gasteiger charge is -2.31. The molecule has 4 aromatic rings. The van der Waals surface area contributed by atoms with E-state index in [0.29, 0.717) is 17.1 Å². The van der Waals surface area contributed by atoms with Crippen molar-refractivity contribution in [3.05, 3.63) is 106 Å². The van der Waals surface area contributed by atoms with Gasteiger partial charge in [0.1, 0.15) is 28.3 Å². The van der Waals surface area contributed by atoms with Gasteiger partial charge in [-0.1, -0.05) is 36.4 Å². The fourth-order valence-corrected chi connectivity index (χ4v) is 4.46. The molecular weight excluding hydrogens is 516 g/mol. The predicted octanol–water partition coefficient (Wildman–Crippen LogP) is 3.51. The summed E-state index contributed by atoms with van der Waals surface area (Å²) in [5.74, 6) is -3.93. The van der Waals surface area contributed by atoms with Gasteiger partial charge in [-0.3, -0.25) is 19.3 Å². The van der Waals surface area contributed by atoms with Crippen LogP contribution in [0.1, 0.15) is 37.3 Å². The van der Waals surface area contributed by atoms with Gasteiger partial charge < -0.3 is 21.9 Å². The topological polar surface area (TPSA) is 152 Å². The highest BCUT2D eigenvalue weighted by atomic mass is 32.1. The van der Waals surface area contributed by atoms with Gasteiger partial charge in [0, 0.05) is 6.54 Å². The molecule has 194 valence electrons. The Balaban J connectivity index is 1.82. The van der Waals surface area contributed by atoms with Crippen LogP contribution >= 0.6 is 11.5 Å². The summed E-state index contributed by atoms with van der Waals surface area (Å²) in [5.41, 5.74) is 11.2. The highest BCUT2D eigenvalue weighted by molar-refractivity contribution is 7.09. The van der Waals surface area contributed by atoms with Crippen molar-refractivity contribution in [3.8, 4) is 5.75 Å². The monoisotopic (exact) mass is 537 g/mol. The SMILES string of the molecule is NC(=O)c1nsc(C(=O)N(c2ccccc2F)[C@H](C(=O)NCc2ccc(F)cc2)c2ccc(O)cc2)c1N. The molecule has 3 amide bonds. The summed E-state index contributed by atoms with van der Waals surface area (Å²) in [4.78, 5) is 39.9. The van der Waals surface area contributed by atoms with Crippen LogP contribution in [0.3, 0.4) is 0 Å². The smallest absolute Gasteiger partial charge is 0.273 e. The molecule has 0 spiro atoms. The number of phenols is 1. The fraction of sp³-hybridized carbons (Fsp3) is 0.0769. The van der Waals surface area contributed by atoms with Crippen molar-refractivity contribution in [1.29, 1.82) is 0 Å². The molecule has 1 heterocycles. The zero-order chi connectivity index (χ0) is 27.4. The number of hydrogen-bond donors (Lipinski definition) is 4. The van der Waals surface area contributed by atoms with Crippen molar-refractivity contribution in [2.75, 3.05) is 10.6 Å². The molecule has 1 aromatic heterocycles. The minimum atomic E-state index is -1.46. The van der Waals surface area contributed by atoms with Gasteiger partial charge in [-0.05, 0) is 59.1 Å². The van der Waals surface area contributed by atoms with Gasteiger partial charge in [0.05, 0.1) is 11.4 Å². The molecule has 0 aliphatic heterocycles. The van der Waals surface area contributed by atoms with Crippen molar-refractivity contribution in [1.82, 2.24) is 9.69 Å². The number of aromatic hydroxyl groups is 1. The Bertz CT molecular complexity index is 1490. The molecule has 0 aliphatic carbocycles. The van der Waals surface area contributed by atoms with Crippen molar-refractivity contribution < 1.29 is 28.3 Å². The summed E-state index contributed by atoms with van der Waals surface area (Å²) < 4.78 is 32.3. The van der Waals surface area contributed by atoms with E-state index >= 15 is 4.39 Å². The molecule has 0 saturated heterocycles. The lowest BCUT2D eigenvalue weighted by atomic mass is 10.0. The number of nitrogen functional groups attached to an aromatic ring is 1. The number of para-hydroxylation sites is 1. The summed E-state index contributed by atoms with van der Waals surface area (Å²) in [6, 6.07) is 14.7. The van der Waals surface area contributed by atoms with Crippen LogP contribution in [-0.2, 0) is 11.3 Å². The number of carbonyl (C=O) groups excluding carboxylic acids is 3. The van der Waals surface area contributed by atoms with E-state index in [-0.39, 0.29) is 39.8 Å². The minimum Gasteiger partial charge on any atom is -0.508 e. The zero-order valence-corrected chi connectivity index (χ0v) is 20.4. The van der Waals surface area contributed by atoms with Gasteiger partial charge in [0.25, 0.3) is 11.8 Å². The number of primary amides is 1. The molecule has 0 radical (unpaired) electrons. The number of phenolic OH excluding ortho intramolecular Hbond substituents is 1. The van der Waals surface area contributed by atoms with Gasteiger partial charge in [-0.25, -0.2) is 8.78 Å². The lowest BCUT2D eigenvalue weighted by molar-refractivity contribution is -0.122. The Hall–Kier alpha value is -4.84. The maximum atomic E-state index is 15.1. The van der Waals surface area contributed by atoms with Crippen LogP contribution in [0.15, 0.2) is 72.8 Å². The second-order valence-electron chi connectivity index (χ2n) is 8.10. The van der Waals surface area contributed by atoms with Crippen LogP contribution in [0.4, 0.5) is 20.2 Å². The van der Waals surface area contributed by atoms with Gasteiger partial charge in [0.2, 0.25) is 5.91 Å². The average Bonchev–Trinajstić information content (AvgIpc) is 3.29. The molecule has 12 heteroatoms. The number of benzene rings is 3. The molecule has 38 heavy (non-hydrogen) atoms. The number of halogens is 2. The maximum absolute atomic E-state index is 15.1. The van der Waals surface area contributed by atoms with Gasteiger partial charge in [-0.2, -0.15) is 4.37 Å². The van der Waals surface area contributed by atoms with Crippen LogP contribution in [0.2, 0.25) is 0 Å². The number of nitrogens with zero attached hydrogens (tertiary/aromatic N) is 2. The largest absolute Gasteiger partial charge is 0.508 e. The summed E-state index contributed by atoms with van der Waals surface area (Å²) in [5, 5.41) is 12.5. The second-order valence-corrected chi connectivity index (χ2v) is 8.88. The third-order valence-electron chi connectivity index (χ3n) is 5.58. The van der Waals surface area contributed by atoms with E-state index in [1.54, 1.807) is 0 Å². The van der Waals surface area contributed by atoms with Crippen LogP contribution in [-0.4, -0.2) is 27.2 Å². The first-order valence-electron chi connectivity index (χ1n) is 11.1. The normalized spacial score (nSPS) is 11.5. The third kappa shape index (κ3) is 5.44. The van der Waals surface area contributed by atoms with Gasteiger partial charge in [0.15, 0.2) is 5.69 Å². The van der Waals surface area contributed by atoms with E-state index in [9.17, 15) is 23.9 Å². The number of anilines is 2. The zero-order valence-electron chi connectivity index (χ0n) is 19.6.